The Morgan fingerprint density at radius 1 is 1.12 bits per heavy atom. The second-order valence-electron chi connectivity index (χ2n) is 5.38. The predicted molar refractivity (Wildman–Crippen MR) is 71.9 cm³/mol. The molecule has 0 bridgehead atoms. The van der Waals surface area contributed by atoms with Crippen LogP contribution in [0.4, 0.5) is 0 Å². The fourth-order valence-corrected chi connectivity index (χ4v) is 2.72. The average Bonchev–Trinajstić information content (AvgIpc) is 2.52. The van der Waals surface area contributed by atoms with Crippen molar-refractivity contribution in [2.75, 3.05) is 19.6 Å². The van der Waals surface area contributed by atoms with Gasteiger partial charge in [-0.2, -0.15) is 0 Å². The van der Waals surface area contributed by atoms with Crippen LogP contribution in [-0.2, 0) is 0 Å². The minimum Gasteiger partial charge on any atom is -0.313 e. The fourth-order valence-electron chi connectivity index (χ4n) is 2.72. The summed E-state index contributed by atoms with van der Waals surface area (Å²) in [6.45, 7) is 10.3. The molecule has 0 amide bonds. The molecule has 2 heteroatoms. The molecule has 0 unspecified atom stereocenters. The van der Waals surface area contributed by atoms with E-state index in [1.54, 1.807) is 0 Å². The number of hydrogen-bond acceptors (Lipinski definition) is 2. The zero-order valence-corrected chi connectivity index (χ0v) is 11.5. The lowest BCUT2D eigenvalue weighted by Crippen LogP contribution is -2.40. The van der Waals surface area contributed by atoms with Crippen molar-refractivity contribution >= 4 is 0 Å². The maximum atomic E-state index is 3.52. The fraction of sp³-hybridized carbons (Fsp3) is 1.00. The molecule has 0 aromatic heterocycles. The first-order valence-electron chi connectivity index (χ1n) is 7.21. The summed E-state index contributed by atoms with van der Waals surface area (Å²) in [7, 11) is 0. The van der Waals surface area contributed by atoms with Crippen molar-refractivity contribution < 1.29 is 0 Å². The lowest BCUT2D eigenvalue weighted by molar-refractivity contribution is 0.187. The molecule has 0 radical (unpaired) electrons. The van der Waals surface area contributed by atoms with Gasteiger partial charge in [-0.05, 0) is 19.4 Å². The Morgan fingerprint density at radius 2 is 1.75 bits per heavy atom. The SMILES string of the molecule is CCN(CCNC(C)C)C1CCCCCC1. The van der Waals surface area contributed by atoms with Gasteiger partial charge < -0.3 is 5.32 Å². The second-order valence-corrected chi connectivity index (χ2v) is 5.38. The standard InChI is InChI=1S/C14H30N2/c1-4-16(12-11-15-13(2)3)14-9-7-5-6-8-10-14/h13-15H,4-12H2,1-3H3. The number of hydrogen-bond donors (Lipinski definition) is 1. The van der Waals surface area contributed by atoms with E-state index in [9.17, 15) is 0 Å². The second kappa shape index (κ2) is 8.08. The van der Waals surface area contributed by atoms with E-state index in [1.165, 1.54) is 51.6 Å². The van der Waals surface area contributed by atoms with Gasteiger partial charge >= 0.3 is 0 Å². The van der Waals surface area contributed by atoms with Crippen LogP contribution >= 0.6 is 0 Å². The van der Waals surface area contributed by atoms with Crippen molar-refractivity contribution in [3.8, 4) is 0 Å². The molecular formula is C14H30N2. The summed E-state index contributed by atoms with van der Waals surface area (Å²) in [4.78, 5) is 2.68. The van der Waals surface area contributed by atoms with Gasteiger partial charge in [0.25, 0.3) is 0 Å². The predicted octanol–water partition coefficient (Wildman–Crippen LogP) is 3.03. The molecule has 1 aliphatic carbocycles. The molecule has 0 saturated heterocycles. The van der Waals surface area contributed by atoms with Gasteiger partial charge in [-0.15, -0.1) is 0 Å². The van der Waals surface area contributed by atoms with Crippen molar-refractivity contribution in [2.45, 2.75) is 71.4 Å². The van der Waals surface area contributed by atoms with Gasteiger partial charge in [-0.1, -0.05) is 46.5 Å². The summed E-state index contributed by atoms with van der Waals surface area (Å²) in [5.74, 6) is 0. The highest BCUT2D eigenvalue weighted by atomic mass is 15.2. The molecule has 1 N–H and O–H groups in total. The first-order valence-corrected chi connectivity index (χ1v) is 7.21. The van der Waals surface area contributed by atoms with E-state index in [0.717, 1.165) is 12.6 Å². The van der Waals surface area contributed by atoms with Gasteiger partial charge in [-0.3, -0.25) is 4.90 Å². The zero-order chi connectivity index (χ0) is 11.8. The summed E-state index contributed by atoms with van der Waals surface area (Å²) in [5.41, 5.74) is 0. The smallest absolute Gasteiger partial charge is 0.0110 e. The zero-order valence-electron chi connectivity index (χ0n) is 11.5. The van der Waals surface area contributed by atoms with Gasteiger partial charge in [0.05, 0.1) is 0 Å². The van der Waals surface area contributed by atoms with Crippen LogP contribution in [-0.4, -0.2) is 36.6 Å². The summed E-state index contributed by atoms with van der Waals surface area (Å²) < 4.78 is 0. The van der Waals surface area contributed by atoms with Crippen molar-refractivity contribution in [2.24, 2.45) is 0 Å². The van der Waals surface area contributed by atoms with E-state index in [1.807, 2.05) is 0 Å². The molecule has 0 spiro atoms. The molecule has 0 aliphatic heterocycles. The summed E-state index contributed by atoms with van der Waals surface area (Å²) >= 11 is 0. The van der Waals surface area contributed by atoms with Gasteiger partial charge in [0.2, 0.25) is 0 Å². The Kier molecular flexibility index (Phi) is 7.06. The summed E-state index contributed by atoms with van der Waals surface area (Å²) in [6, 6.07) is 1.48. The number of nitrogens with zero attached hydrogens (tertiary/aromatic N) is 1. The van der Waals surface area contributed by atoms with Crippen molar-refractivity contribution in [3.63, 3.8) is 0 Å². The van der Waals surface area contributed by atoms with Crippen LogP contribution < -0.4 is 5.32 Å². The minimum atomic E-state index is 0.618. The van der Waals surface area contributed by atoms with Crippen molar-refractivity contribution in [1.82, 2.24) is 10.2 Å². The Morgan fingerprint density at radius 3 is 2.25 bits per heavy atom. The number of likely N-dealkylation sites (N-methyl/N-ethyl adjacent to an activating group) is 1. The quantitative estimate of drug-likeness (QED) is 0.700. The van der Waals surface area contributed by atoms with Crippen LogP contribution in [0, 0.1) is 0 Å². The van der Waals surface area contributed by atoms with Crippen molar-refractivity contribution in [1.29, 1.82) is 0 Å². The summed E-state index contributed by atoms with van der Waals surface area (Å²) in [6.07, 6.45) is 8.65. The van der Waals surface area contributed by atoms with Crippen LogP contribution in [0.3, 0.4) is 0 Å². The Bertz CT molecular complexity index is 160. The highest BCUT2D eigenvalue weighted by Gasteiger charge is 2.18. The van der Waals surface area contributed by atoms with E-state index in [4.69, 9.17) is 0 Å². The minimum absolute atomic E-state index is 0.618. The molecule has 2 nitrogen and oxygen atoms in total. The van der Waals surface area contributed by atoms with Gasteiger partial charge in [-0.25, -0.2) is 0 Å². The molecule has 0 heterocycles. The maximum Gasteiger partial charge on any atom is 0.0110 e. The van der Waals surface area contributed by atoms with Crippen molar-refractivity contribution in [3.05, 3.63) is 0 Å². The first-order chi connectivity index (χ1) is 7.74. The summed E-state index contributed by atoms with van der Waals surface area (Å²) in [5, 5.41) is 3.52. The Hall–Kier alpha value is -0.0800. The van der Waals surface area contributed by atoms with E-state index >= 15 is 0 Å². The Labute approximate surface area is 102 Å². The van der Waals surface area contributed by atoms with E-state index in [-0.39, 0.29) is 0 Å². The molecule has 16 heavy (non-hydrogen) atoms. The molecule has 0 aromatic rings. The molecule has 0 aromatic carbocycles. The average molecular weight is 226 g/mol. The first kappa shape index (κ1) is 14.0. The van der Waals surface area contributed by atoms with E-state index in [0.29, 0.717) is 6.04 Å². The third-order valence-electron chi connectivity index (χ3n) is 3.70. The number of rotatable bonds is 6. The molecule has 0 atom stereocenters. The van der Waals surface area contributed by atoms with Crippen LogP contribution in [0.5, 0.6) is 0 Å². The lowest BCUT2D eigenvalue weighted by atomic mass is 10.1. The van der Waals surface area contributed by atoms with Crippen LogP contribution in [0.2, 0.25) is 0 Å². The van der Waals surface area contributed by atoms with Gasteiger partial charge in [0.15, 0.2) is 0 Å². The van der Waals surface area contributed by atoms with E-state index < -0.39 is 0 Å². The lowest BCUT2D eigenvalue weighted by Gasteiger charge is -2.30. The molecular weight excluding hydrogens is 196 g/mol. The highest BCUT2D eigenvalue weighted by molar-refractivity contribution is 4.74. The monoisotopic (exact) mass is 226 g/mol. The number of nitrogens with one attached hydrogen (secondary N) is 1. The highest BCUT2D eigenvalue weighted by Crippen LogP contribution is 2.21. The maximum absolute atomic E-state index is 3.52. The molecule has 1 saturated carbocycles. The third-order valence-corrected chi connectivity index (χ3v) is 3.70. The molecule has 96 valence electrons. The third kappa shape index (κ3) is 5.31. The van der Waals surface area contributed by atoms with Crippen LogP contribution in [0.15, 0.2) is 0 Å². The van der Waals surface area contributed by atoms with Crippen LogP contribution in [0.25, 0.3) is 0 Å². The van der Waals surface area contributed by atoms with Gasteiger partial charge in [0.1, 0.15) is 0 Å². The van der Waals surface area contributed by atoms with Gasteiger partial charge in [0, 0.05) is 25.2 Å². The molecule has 1 aliphatic rings. The van der Waals surface area contributed by atoms with E-state index in [2.05, 4.69) is 31.0 Å². The largest absolute Gasteiger partial charge is 0.313 e. The van der Waals surface area contributed by atoms with Crippen LogP contribution in [0.1, 0.15) is 59.3 Å². The molecule has 1 fully saturated rings. The normalized spacial score (nSPS) is 19.3. The Balaban J connectivity index is 2.27. The topological polar surface area (TPSA) is 15.3 Å². The molecule has 1 rings (SSSR count).